The van der Waals surface area contributed by atoms with Crippen molar-refractivity contribution in [3.63, 3.8) is 0 Å². The van der Waals surface area contributed by atoms with E-state index >= 15 is 0 Å². The zero-order valence-electron chi connectivity index (χ0n) is 12.2. The Balaban J connectivity index is 2.33. The molecule has 0 aliphatic heterocycles. The van der Waals surface area contributed by atoms with Crippen LogP contribution >= 0.6 is 0 Å². The number of para-hydroxylation sites is 1. The zero-order chi connectivity index (χ0) is 15.0. The van der Waals surface area contributed by atoms with Gasteiger partial charge < -0.3 is 5.32 Å². The number of aromatic nitrogens is 2. The highest BCUT2D eigenvalue weighted by Crippen LogP contribution is 2.28. The minimum absolute atomic E-state index is 0.310. The van der Waals surface area contributed by atoms with Crippen molar-refractivity contribution in [1.82, 2.24) is 9.97 Å². The molecule has 0 unspecified atom stereocenters. The summed E-state index contributed by atoms with van der Waals surface area (Å²) in [5.41, 5.74) is 3.29. The smallest absolute Gasteiger partial charge is 0.165 e. The lowest BCUT2D eigenvalue weighted by atomic mass is 10.1. The Kier molecular flexibility index (Phi) is 3.29. The maximum atomic E-state index is 14.1. The molecule has 1 N–H and O–H groups in total. The van der Waals surface area contributed by atoms with Crippen LogP contribution in [0, 0.1) is 19.7 Å². The van der Waals surface area contributed by atoms with Crippen LogP contribution in [-0.4, -0.2) is 17.0 Å². The van der Waals surface area contributed by atoms with Crippen LogP contribution in [0.2, 0.25) is 0 Å². The van der Waals surface area contributed by atoms with Crippen LogP contribution in [0.15, 0.2) is 36.4 Å². The number of hydrogen-bond acceptors (Lipinski definition) is 3. The van der Waals surface area contributed by atoms with Gasteiger partial charge in [-0.1, -0.05) is 23.8 Å². The zero-order valence-corrected chi connectivity index (χ0v) is 12.2. The quantitative estimate of drug-likeness (QED) is 0.768. The van der Waals surface area contributed by atoms with E-state index in [2.05, 4.69) is 15.3 Å². The van der Waals surface area contributed by atoms with E-state index in [1.807, 2.05) is 32.0 Å². The second-order valence-electron chi connectivity index (χ2n) is 5.10. The van der Waals surface area contributed by atoms with Crippen molar-refractivity contribution in [2.45, 2.75) is 13.8 Å². The highest BCUT2D eigenvalue weighted by molar-refractivity contribution is 5.92. The van der Waals surface area contributed by atoms with E-state index in [1.54, 1.807) is 19.2 Å². The predicted octanol–water partition coefficient (Wildman–Crippen LogP) is 4.09. The molecule has 4 heteroatoms. The summed E-state index contributed by atoms with van der Waals surface area (Å²) >= 11 is 0. The van der Waals surface area contributed by atoms with Gasteiger partial charge in [0.2, 0.25) is 0 Å². The summed E-state index contributed by atoms with van der Waals surface area (Å²) < 4.78 is 14.1. The summed E-state index contributed by atoms with van der Waals surface area (Å²) in [5.74, 6) is 0.803. The Hall–Kier alpha value is -2.49. The molecule has 106 valence electrons. The first-order chi connectivity index (χ1) is 10.1. The second-order valence-corrected chi connectivity index (χ2v) is 5.10. The van der Waals surface area contributed by atoms with Gasteiger partial charge in [-0.2, -0.15) is 0 Å². The topological polar surface area (TPSA) is 37.8 Å². The number of hydrogen-bond donors (Lipinski definition) is 1. The molecule has 0 saturated heterocycles. The molecule has 0 radical (unpaired) electrons. The van der Waals surface area contributed by atoms with Crippen molar-refractivity contribution >= 4 is 16.7 Å². The van der Waals surface area contributed by atoms with E-state index in [0.29, 0.717) is 17.2 Å². The SMILES string of the molecule is CNc1nc(-c2cc(C)ccc2F)nc2c(C)cccc12. The fourth-order valence-electron chi connectivity index (χ4n) is 2.42. The van der Waals surface area contributed by atoms with Gasteiger partial charge in [0.25, 0.3) is 0 Å². The molecule has 0 amide bonds. The fourth-order valence-corrected chi connectivity index (χ4v) is 2.42. The number of nitrogens with zero attached hydrogens (tertiary/aromatic N) is 2. The summed E-state index contributed by atoms with van der Waals surface area (Å²) in [6, 6.07) is 10.9. The third-order valence-corrected chi connectivity index (χ3v) is 3.53. The van der Waals surface area contributed by atoms with Crippen LogP contribution < -0.4 is 5.32 Å². The number of rotatable bonds is 2. The Labute approximate surface area is 122 Å². The monoisotopic (exact) mass is 281 g/mol. The number of aryl methyl sites for hydroxylation is 2. The van der Waals surface area contributed by atoms with E-state index in [-0.39, 0.29) is 5.82 Å². The lowest BCUT2D eigenvalue weighted by Crippen LogP contribution is -2.01. The van der Waals surface area contributed by atoms with Crippen molar-refractivity contribution in [3.8, 4) is 11.4 Å². The third kappa shape index (κ3) is 2.33. The molecule has 0 atom stereocenters. The summed E-state index contributed by atoms with van der Waals surface area (Å²) in [4.78, 5) is 9.03. The molecule has 1 heterocycles. The lowest BCUT2D eigenvalue weighted by molar-refractivity contribution is 0.629. The average molecular weight is 281 g/mol. The molecule has 1 aromatic heterocycles. The number of fused-ring (bicyclic) bond motifs is 1. The Morgan fingerprint density at radius 1 is 1.05 bits per heavy atom. The molecule has 0 fully saturated rings. The van der Waals surface area contributed by atoms with Gasteiger partial charge in [-0.3, -0.25) is 0 Å². The molecule has 21 heavy (non-hydrogen) atoms. The molecule has 0 spiro atoms. The van der Waals surface area contributed by atoms with E-state index in [0.717, 1.165) is 22.0 Å². The molecule has 0 aliphatic carbocycles. The highest BCUT2D eigenvalue weighted by Gasteiger charge is 2.13. The minimum Gasteiger partial charge on any atom is -0.373 e. The lowest BCUT2D eigenvalue weighted by Gasteiger charge is -2.10. The first-order valence-corrected chi connectivity index (χ1v) is 6.82. The van der Waals surface area contributed by atoms with Gasteiger partial charge in [0, 0.05) is 12.4 Å². The van der Waals surface area contributed by atoms with Crippen LogP contribution in [0.1, 0.15) is 11.1 Å². The maximum absolute atomic E-state index is 14.1. The molecule has 0 aliphatic rings. The van der Waals surface area contributed by atoms with Gasteiger partial charge in [-0.15, -0.1) is 0 Å². The van der Waals surface area contributed by atoms with Crippen LogP contribution in [0.4, 0.5) is 10.2 Å². The van der Waals surface area contributed by atoms with Crippen LogP contribution in [0.3, 0.4) is 0 Å². The van der Waals surface area contributed by atoms with E-state index in [4.69, 9.17) is 0 Å². The minimum atomic E-state index is -0.310. The molecule has 3 aromatic rings. The van der Waals surface area contributed by atoms with Gasteiger partial charge in [0.15, 0.2) is 5.82 Å². The first-order valence-electron chi connectivity index (χ1n) is 6.82. The molecule has 0 bridgehead atoms. The fraction of sp³-hybridized carbons (Fsp3) is 0.176. The number of benzene rings is 2. The summed E-state index contributed by atoms with van der Waals surface area (Å²) in [7, 11) is 1.81. The normalized spacial score (nSPS) is 10.9. The van der Waals surface area contributed by atoms with Gasteiger partial charge in [0.1, 0.15) is 11.6 Å². The van der Waals surface area contributed by atoms with E-state index in [9.17, 15) is 4.39 Å². The van der Waals surface area contributed by atoms with Crippen molar-refractivity contribution in [1.29, 1.82) is 0 Å². The van der Waals surface area contributed by atoms with E-state index < -0.39 is 0 Å². The number of anilines is 1. The summed E-state index contributed by atoms with van der Waals surface area (Å²) in [6.45, 7) is 3.92. The average Bonchev–Trinajstić information content (AvgIpc) is 2.49. The Morgan fingerprint density at radius 2 is 1.86 bits per heavy atom. The third-order valence-electron chi connectivity index (χ3n) is 3.53. The van der Waals surface area contributed by atoms with Crippen molar-refractivity contribution in [2.24, 2.45) is 0 Å². The van der Waals surface area contributed by atoms with Crippen molar-refractivity contribution < 1.29 is 4.39 Å². The van der Waals surface area contributed by atoms with Gasteiger partial charge in [-0.25, -0.2) is 14.4 Å². The second kappa shape index (κ2) is 5.13. The summed E-state index contributed by atoms with van der Waals surface area (Å²) in [5, 5.41) is 4.01. The predicted molar refractivity (Wildman–Crippen MR) is 84.0 cm³/mol. The van der Waals surface area contributed by atoms with E-state index in [1.165, 1.54) is 6.07 Å². The maximum Gasteiger partial charge on any atom is 0.165 e. The van der Waals surface area contributed by atoms with Gasteiger partial charge in [-0.05, 0) is 37.6 Å². The Bertz CT molecular complexity index is 828. The van der Waals surface area contributed by atoms with Crippen LogP contribution in [-0.2, 0) is 0 Å². The molecular weight excluding hydrogens is 265 g/mol. The molecule has 2 aromatic carbocycles. The molecule has 3 nitrogen and oxygen atoms in total. The number of halogens is 1. The van der Waals surface area contributed by atoms with Crippen LogP contribution in [0.25, 0.3) is 22.3 Å². The number of nitrogens with one attached hydrogen (secondary N) is 1. The van der Waals surface area contributed by atoms with Crippen molar-refractivity contribution in [3.05, 3.63) is 53.3 Å². The molecule has 0 saturated carbocycles. The largest absolute Gasteiger partial charge is 0.373 e. The van der Waals surface area contributed by atoms with Gasteiger partial charge in [0.05, 0.1) is 11.1 Å². The molecular formula is C17H16FN3. The Morgan fingerprint density at radius 3 is 2.62 bits per heavy atom. The highest BCUT2D eigenvalue weighted by atomic mass is 19.1. The van der Waals surface area contributed by atoms with Gasteiger partial charge >= 0.3 is 0 Å². The van der Waals surface area contributed by atoms with Crippen LogP contribution in [0.5, 0.6) is 0 Å². The molecule has 3 rings (SSSR count). The first kappa shape index (κ1) is 13.5. The van der Waals surface area contributed by atoms with Crippen molar-refractivity contribution in [2.75, 3.05) is 12.4 Å². The summed E-state index contributed by atoms with van der Waals surface area (Å²) in [6.07, 6.45) is 0. The standard InChI is InChI=1S/C17H16FN3/c1-10-7-8-14(18)13(9-10)17-20-15-11(2)5-4-6-12(15)16(19-3)21-17/h4-9H,1-3H3,(H,19,20,21).